The molecule has 0 atom stereocenters. The standard InChI is InChI=1S/C14H20N4/c1-15-8-9-17(2)11-13-10-16-18(12-13)14-6-4-3-5-7-14/h3-7,10,12,15H,8-9,11H2,1-2H3. The third-order valence-corrected chi connectivity index (χ3v) is 2.85. The Labute approximate surface area is 108 Å². The van der Waals surface area contributed by atoms with Gasteiger partial charge < -0.3 is 10.2 Å². The summed E-state index contributed by atoms with van der Waals surface area (Å²) in [6.07, 6.45) is 4.02. The van der Waals surface area contributed by atoms with E-state index in [1.54, 1.807) is 0 Å². The van der Waals surface area contributed by atoms with Gasteiger partial charge >= 0.3 is 0 Å². The molecule has 2 aromatic rings. The van der Waals surface area contributed by atoms with Gasteiger partial charge in [0.2, 0.25) is 0 Å². The van der Waals surface area contributed by atoms with Crippen molar-refractivity contribution >= 4 is 0 Å². The lowest BCUT2D eigenvalue weighted by atomic mass is 10.3. The quantitative estimate of drug-likeness (QED) is 0.836. The normalized spacial score (nSPS) is 11.1. The highest BCUT2D eigenvalue weighted by Crippen LogP contribution is 2.08. The third kappa shape index (κ3) is 3.42. The van der Waals surface area contributed by atoms with Gasteiger partial charge in [-0.3, -0.25) is 0 Å². The molecule has 0 unspecified atom stereocenters. The van der Waals surface area contributed by atoms with Gasteiger partial charge in [-0.25, -0.2) is 4.68 Å². The number of hydrogen-bond acceptors (Lipinski definition) is 3. The molecule has 0 saturated heterocycles. The lowest BCUT2D eigenvalue weighted by Gasteiger charge is -2.14. The number of nitrogens with zero attached hydrogens (tertiary/aromatic N) is 3. The SMILES string of the molecule is CNCCN(C)Cc1cnn(-c2ccccc2)c1. The van der Waals surface area contributed by atoms with Gasteiger partial charge in [-0.05, 0) is 26.2 Å². The Morgan fingerprint density at radius 3 is 2.78 bits per heavy atom. The Morgan fingerprint density at radius 1 is 1.28 bits per heavy atom. The van der Waals surface area contributed by atoms with Gasteiger partial charge in [0, 0.05) is 31.4 Å². The van der Waals surface area contributed by atoms with E-state index in [9.17, 15) is 0 Å². The average Bonchev–Trinajstić information content (AvgIpc) is 2.86. The van der Waals surface area contributed by atoms with Crippen molar-refractivity contribution in [3.63, 3.8) is 0 Å². The Hall–Kier alpha value is -1.65. The molecule has 0 radical (unpaired) electrons. The molecular weight excluding hydrogens is 224 g/mol. The Balaban J connectivity index is 1.98. The molecule has 1 aromatic heterocycles. The number of benzene rings is 1. The number of hydrogen-bond donors (Lipinski definition) is 1. The minimum absolute atomic E-state index is 0.925. The third-order valence-electron chi connectivity index (χ3n) is 2.85. The molecule has 0 aliphatic carbocycles. The van der Waals surface area contributed by atoms with Gasteiger partial charge in [0.25, 0.3) is 0 Å². The van der Waals surface area contributed by atoms with Crippen molar-refractivity contribution in [3.05, 3.63) is 48.3 Å². The van der Waals surface area contributed by atoms with Crippen LogP contribution in [-0.4, -0.2) is 41.9 Å². The van der Waals surface area contributed by atoms with Crippen LogP contribution in [0, 0.1) is 0 Å². The molecule has 1 N–H and O–H groups in total. The molecule has 1 heterocycles. The molecule has 2 rings (SSSR count). The van der Waals surface area contributed by atoms with Gasteiger partial charge in [-0.1, -0.05) is 18.2 Å². The number of likely N-dealkylation sites (N-methyl/N-ethyl adjacent to an activating group) is 2. The molecule has 0 saturated carbocycles. The zero-order valence-corrected chi connectivity index (χ0v) is 11.0. The maximum atomic E-state index is 4.39. The van der Waals surface area contributed by atoms with Crippen LogP contribution in [0.5, 0.6) is 0 Å². The summed E-state index contributed by atoms with van der Waals surface area (Å²) in [4.78, 5) is 2.28. The van der Waals surface area contributed by atoms with Crippen LogP contribution in [0.1, 0.15) is 5.56 Å². The first-order chi connectivity index (χ1) is 8.79. The van der Waals surface area contributed by atoms with Crippen LogP contribution in [-0.2, 0) is 6.54 Å². The van der Waals surface area contributed by atoms with Crippen molar-refractivity contribution in [2.24, 2.45) is 0 Å². The number of rotatable bonds is 6. The molecule has 0 fully saturated rings. The second-order valence-electron chi connectivity index (χ2n) is 4.47. The van der Waals surface area contributed by atoms with E-state index in [4.69, 9.17) is 0 Å². The van der Waals surface area contributed by atoms with Crippen molar-refractivity contribution in [2.45, 2.75) is 6.54 Å². The summed E-state index contributed by atoms with van der Waals surface area (Å²) in [5.74, 6) is 0. The molecular formula is C14H20N4. The monoisotopic (exact) mass is 244 g/mol. The summed E-state index contributed by atoms with van der Waals surface area (Å²) in [6.45, 7) is 2.96. The maximum absolute atomic E-state index is 4.39. The van der Waals surface area contributed by atoms with Gasteiger partial charge in [-0.15, -0.1) is 0 Å². The van der Waals surface area contributed by atoms with Gasteiger partial charge in [0.15, 0.2) is 0 Å². The molecule has 4 heteroatoms. The minimum atomic E-state index is 0.925. The van der Waals surface area contributed by atoms with Crippen molar-refractivity contribution in [1.29, 1.82) is 0 Å². The van der Waals surface area contributed by atoms with E-state index in [1.807, 2.05) is 36.1 Å². The van der Waals surface area contributed by atoms with Crippen molar-refractivity contribution < 1.29 is 0 Å². The fourth-order valence-electron chi connectivity index (χ4n) is 1.86. The first-order valence-electron chi connectivity index (χ1n) is 6.21. The summed E-state index contributed by atoms with van der Waals surface area (Å²) < 4.78 is 1.92. The highest BCUT2D eigenvalue weighted by molar-refractivity contribution is 5.30. The summed E-state index contributed by atoms with van der Waals surface area (Å²) >= 11 is 0. The van der Waals surface area contributed by atoms with Crippen molar-refractivity contribution in [1.82, 2.24) is 20.0 Å². The molecule has 96 valence electrons. The molecule has 0 aliphatic heterocycles. The summed E-state index contributed by atoms with van der Waals surface area (Å²) in [5.41, 5.74) is 2.33. The molecule has 1 aromatic carbocycles. The highest BCUT2D eigenvalue weighted by atomic mass is 15.3. The molecule has 0 amide bonds. The summed E-state index contributed by atoms with van der Waals surface area (Å²) in [5, 5.41) is 7.55. The van der Waals surface area contributed by atoms with Gasteiger partial charge in [0.05, 0.1) is 11.9 Å². The zero-order valence-electron chi connectivity index (χ0n) is 11.0. The second-order valence-corrected chi connectivity index (χ2v) is 4.47. The van der Waals surface area contributed by atoms with Crippen LogP contribution in [0.3, 0.4) is 0 Å². The maximum Gasteiger partial charge on any atom is 0.0645 e. The predicted octanol–water partition coefficient (Wildman–Crippen LogP) is 1.52. The zero-order chi connectivity index (χ0) is 12.8. The number of nitrogens with one attached hydrogen (secondary N) is 1. The molecule has 18 heavy (non-hydrogen) atoms. The largest absolute Gasteiger partial charge is 0.318 e. The summed E-state index contributed by atoms with van der Waals surface area (Å²) in [7, 11) is 4.10. The van der Waals surface area contributed by atoms with E-state index in [1.165, 1.54) is 5.56 Å². The van der Waals surface area contributed by atoms with Crippen LogP contribution in [0.15, 0.2) is 42.7 Å². The van der Waals surface area contributed by atoms with Crippen LogP contribution < -0.4 is 5.32 Å². The topological polar surface area (TPSA) is 33.1 Å². The fraction of sp³-hybridized carbons (Fsp3) is 0.357. The molecule has 0 bridgehead atoms. The Kier molecular flexibility index (Phi) is 4.50. The Bertz CT molecular complexity index is 464. The van der Waals surface area contributed by atoms with Crippen LogP contribution in [0.2, 0.25) is 0 Å². The van der Waals surface area contributed by atoms with E-state index < -0.39 is 0 Å². The minimum Gasteiger partial charge on any atom is -0.318 e. The fourth-order valence-corrected chi connectivity index (χ4v) is 1.86. The lowest BCUT2D eigenvalue weighted by molar-refractivity contribution is 0.328. The van der Waals surface area contributed by atoms with Gasteiger partial charge in [0.1, 0.15) is 0 Å². The first-order valence-corrected chi connectivity index (χ1v) is 6.21. The lowest BCUT2D eigenvalue weighted by Crippen LogP contribution is -2.26. The van der Waals surface area contributed by atoms with E-state index in [0.717, 1.165) is 25.3 Å². The van der Waals surface area contributed by atoms with Gasteiger partial charge in [-0.2, -0.15) is 5.10 Å². The smallest absolute Gasteiger partial charge is 0.0645 e. The van der Waals surface area contributed by atoms with Crippen LogP contribution >= 0.6 is 0 Å². The molecule has 0 spiro atoms. The predicted molar refractivity (Wildman–Crippen MR) is 73.8 cm³/mol. The van der Waals surface area contributed by atoms with Crippen molar-refractivity contribution in [3.8, 4) is 5.69 Å². The number of para-hydroxylation sites is 1. The van der Waals surface area contributed by atoms with E-state index in [-0.39, 0.29) is 0 Å². The van der Waals surface area contributed by atoms with Crippen LogP contribution in [0.4, 0.5) is 0 Å². The molecule has 4 nitrogen and oxygen atoms in total. The number of aromatic nitrogens is 2. The molecule has 0 aliphatic rings. The van der Waals surface area contributed by atoms with E-state index >= 15 is 0 Å². The Morgan fingerprint density at radius 2 is 2.06 bits per heavy atom. The highest BCUT2D eigenvalue weighted by Gasteiger charge is 2.03. The average molecular weight is 244 g/mol. The van der Waals surface area contributed by atoms with Crippen LogP contribution in [0.25, 0.3) is 5.69 Å². The second kappa shape index (κ2) is 6.33. The van der Waals surface area contributed by atoms with E-state index in [0.29, 0.717) is 0 Å². The summed E-state index contributed by atoms with van der Waals surface area (Å²) in [6, 6.07) is 10.2. The van der Waals surface area contributed by atoms with Crippen molar-refractivity contribution in [2.75, 3.05) is 27.2 Å². The van der Waals surface area contributed by atoms with E-state index in [2.05, 4.69) is 40.7 Å². The first kappa shape index (κ1) is 12.8.